The molecule has 1 aliphatic heterocycles. The van der Waals surface area contributed by atoms with Crippen molar-refractivity contribution in [1.29, 1.82) is 0 Å². The number of hydrogen-bond donors (Lipinski definition) is 1. The highest BCUT2D eigenvalue weighted by Gasteiger charge is 2.11. The maximum absolute atomic E-state index is 12.0. The number of ether oxygens (including phenoxy) is 1. The van der Waals surface area contributed by atoms with Crippen molar-refractivity contribution in [1.82, 2.24) is 10.2 Å². The van der Waals surface area contributed by atoms with Crippen LogP contribution in [0.1, 0.15) is 35.1 Å². The van der Waals surface area contributed by atoms with Crippen molar-refractivity contribution in [2.45, 2.75) is 39.8 Å². The van der Waals surface area contributed by atoms with Gasteiger partial charge in [-0.3, -0.25) is 9.69 Å². The van der Waals surface area contributed by atoms with Gasteiger partial charge in [-0.05, 0) is 68.1 Å². The fourth-order valence-electron chi connectivity index (χ4n) is 3.24. The second kappa shape index (κ2) is 8.86. The van der Waals surface area contributed by atoms with E-state index < -0.39 is 0 Å². The quantitative estimate of drug-likeness (QED) is 0.828. The first-order chi connectivity index (χ1) is 12.6. The number of amides is 1. The summed E-state index contributed by atoms with van der Waals surface area (Å²) in [5.74, 6) is 0.665. The molecule has 0 saturated carbocycles. The highest BCUT2D eigenvalue weighted by Crippen LogP contribution is 2.20. The van der Waals surface area contributed by atoms with Crippen LogP contribution in [0.25, 0.3) is 0 Å². The Morgan fingerprint density at radius 1 is 1.04 bits per heavy atom. The minimum atomic E-state index is -0.105. The number of carbonyl (C=O) groups is 1. The third kappa shape index (κ3) is 5.09. The smallest absolute Gasteiger partial charge is 0.258 e. The summed E-state index contributed by atoms with van der Waals surface area (Å²) in [6.07, 6.45) is 2.63. The van der Waals surface area contributed by atoms with Crippen LogP contribution < -0.4 is 10.1 Å². The summed E-state index contributed by atoms with van der Waals surface area (Å²) in [5.41, 5.74) is 4.68. The number of nitrogens with zero attached hydrogens (tertiary/aromatic N) is 1. The normalized spacial score (nSPS) is 14.4. The Balaban J connectivity index is 1.43. The zero-order valence-corrected chi connectivity index (χ0v) is 15.8. The third-order valence-electron chi connectivity index (χ3n) is 5.03. The molecule has 4 nitrogen and oxygen atoms in total. The molecule has 1 fully saturated rings. The number of nitrogens with one attached hydrogen (secondary N) is 1. The maximum atomic E-state index is 12.0. The molecule has 4 heteroatoms. The minimum absolute atomic E-state index is 0.0390. The first kappa shape index (κ1) is 18.5. The van der Waals surface area contributed by atoms with Gasteiger partial charge in [0, 0.05) is 13.1 Å². The Hall–Kier alpha value is -2.33. The van der Waals surface area contributed by atoms with Crippen LogP contribution in [-0.2, 0) is 17.9 Å². The molecule has 1 N–H and O–H groups in total. The Morgan fingerprint density at radius 2 is 1.73 bits per heavy atom. The van der Waals surface area contributed by atoms with Gasteiger partial charge in [-0.15, -0.1) is 0 Å². The lowest BCUT2D eigenvalue weighted by molar-refractivity contribution is -0.123. The van der Waals surface area contributed by atoms with Gasteiger partial charge in [-0.25, -0.2) is 0 Å². The van der Waals surface area contributed by atoms with E-state index >= 15 is 0 Å². The zero-order chi connectivity index (χ0) is 18.4. The molecule has 2 aromatic carbocycles. The predicted octanol–water partition coefficient (Wildman–Crippen LogP) is 3.59. The van der Waals surface area contributed by atoms with Crippen molar-refractivity contribution in [2.75, 3.05) is 19.7 Å². The summed E-state index contributed by atoms with van der Waals surface area (Å²) >= 11 is 0. The average molecular weight is 352 g/mol. The van der Waals surface area contributed by atoms with E-state index in [1.165, 1.54) is 31.5 Å². The Kier molecular flexibility index (Phi) is 6.29. The number of benzene rings is 2. The molecule has 2 aromatic rings. The molecule has 138 valence electrons. The van der Waals surface area contributed by atoms with E-state index in [4.69, 9.17) is 4.74 Å². The molecule has 1 aliphatic rings. The minimum Gasteiger partial charge on any atom is -0.483 e. The SMILES string of the molecule is Cc1cccc(OCC(=O)NCc2ccc(CN3CCCC3)cc2)c1C. The third-order valence-corrected chi connectivity index (χ3v) is 5.03. The van der Waals surface area contributed by atoms with Crippen molar-refractivity contribution in [3.63, 3.8) is 0 Å². The first-order valence-electron chi connectivity index (χ1n) is 9.38. The summed E-state index contributed by atoms with van der Waals surface area (Å²) in [6.45, 7) is 8.05. The van der Waals surface area contributed by atoms with Gasteiger partial charge in [-0.1, -0.05) is 36.4 Å². The summed E-state index contributed by atoms with van der Waals surface area (Å²) in [4.78, 5) is 14.5. The lowest BCUT2D eigenvalue weighted by atomic mass is 10.1. The molecule has 0 aliphatic carbocycles. The van der Waals surface area contributed by atoms with Crippen molar-refractivity contribution in [2.24, 2.45) is 0 Å². The molecular weight excluding hydrogens is 324 g/mol. The molecule has 1 heterocycles. The lowest BCUT2D eigenvalue weighted by Crippen LogP contribution is -2.28. The second-order valence-electron chi connectivity index (χ2n) is 7.06. The fraction of sp³-hybridized carbons (Fsp3) is 0.409. The number of rotatable bonds is 7. The molecule has 26 heavy (non-hydrogen) atoms. The van der Waals surface area contributed by atoms with E-state index in [-0.39, 0.29) is 12.5 Å². The largest absolute Gasteiger partial charge is 0.483 e. The lowest BCUT2D eigenvalue weighted by Gasteiger charge is -2.15. The van der Waals surface area contributed by atoms with Gasteiger partial charge in [0.25, 0.3) is 5.91 Å². The van der Waals surface area contributed by atoms with Crippen LogP contribution >= 0.6 is 0 Å². The summed E-state index contributed by atoms with van der Waals surface area (Å²) in [6, 6.07) is 14.4. The van der Waals surface area contributed by atoms with Crippen LogP contribution in [0.3, 0.4) is 0 Å². The number of aryl methyl sites for hydroxylation is 1. The Bertz CT molecular complexity index is 734. The molecule has 0 unspecified atom stereocenters. The maximum Gasteiger partial charge on any atom is 0.258 e. The molecule has 0 spiro atoms. The number of likely N-dealkylation sites (tertiary alicyclic amines) is 1. The van der Waals surface area contributed by atoms with Crippen molar-refractivity contribution >= 4 is 5.91 Å². The van der Waals surface area contributed by atoms with Crippen LogP contribution in [0.2, 0.25) is 0 Å². The van der Waals surface area contributed by atoms with Gasteiger partial charge in [-0.2, -0.15) is 0 Å². The molecule has 0 aromatic heterocycles. The van der Waals surface area contributed by atoms with E-state index in [0.29, 0.717) is 6.54 Å². The van der Waals surface area contributed by atoms with Crippen LogP contribution in [0.4, 0.5) is 0 Å². The highest BCUT2D eigenvalue weighted by molar-refractivity contribution is 5.77. The van der Waals surface area contributed by atoms with Gasteiger partial charge in [0.1, 0.15) is 5.75 Å². The van der Waals surface area contributed by atoms with E-state index in [0.717, 1.165) is 29.0 Å². The van der Waals surface area contributed by atoms with Gasteiger partial charge in [0.15, 0.2) is 6.61 Å². The van der Waals surface area contributed by atoms with E-state index in [1.54, 1.807) is 0 Å². The van der Waals surface area contributed by atoms with Crippen LogP contribution in [-0.4, -0.2) is 30.5 Å². The van der Waals surface area contributed by atoms with Crippen LogP contribution in [0.15, 0.2) is 42.5 Å². The molecule has 1 saturated heterocycles. The highest BCUT2D eigenvalue weighted by atomic mass is 16.5. The van der Waals surface area contributed by atoms with Crippen LogP contribution in [0, 0.1) is 13.8 Å². The zero-order valence-electron chi connectivity index (χ0n) is 15.8. The van der Waals surface area contributed by atoms with Gasteiger partial charge in [0.05, 0.1) is 0 Å². The van der Waals surface area contributed by atoms with Crippen molar-refractivity contribution in [3.8, 4) is 5.75 Å². The fourth-order valence-corrected chi connectivity index (χ4v) is 3.24. The molecule has 0 radical (unpaired) electrons. The molecule has 1 amide bonds. The van der Waals surface area contributed by atoms with Crippen molar-refractivity contribution < 1.29 is 9.53 Å². The summed E-state index contributed by atoms with van der Waals surface area (Å²) < 4.78 is 5.64. The van der Waals surface area contributed by atoms with E-state index in [1.807, 2.05) is 32.0 Å². The topological polar surface area (TPSA) is 41.6 Å². The second-order valence-corrected chi connectivity index (χ2v) is 7.06. The van der Waals surface area contributed by atoms with Crippen molar-refractivity contribution in [3.05, 3.63) is 64.7 Å². The Morgan fingerprint density at radius 3 is 2.46 bits per heavy atom. The standard InChI is InChI=1S/C22H28N2O2/c1-17-6-5-7-21(18(17)2)26-16-22(25)23-14-19-8-10-20(11-9-19)15-24-12-3-4-13-24/h5-11H,3-4,12-16H2,1-2H3,(H,23,25). The first-order valence-corrected chi connectivity index (χ1v) is 9.38. The van der Waals surface area contributed by atoms with Crippen LogP contribution in [0.5, 0.6) is 5.75 Å². The Labute approximate surface area is 156 Å². The molecule has 0 atom stereocenters. The summed E-state index contributed by atoms with van der Waals surface area (Å²) in [5, 5.41) is 2.92. The average Bonchev–Trinajstić information content (AvgIpc) is 3.15. The predicted molar refractivity (Wildman–Crippen MR) is 104 cm³/mol. The molecule has 3 rings (SSSR count). The van der Waals surface area contributed by atoms with Gasteiger partial charge in [0.2, 0.25) is 0 Å². The van der Waals surface area contributed by atoms with Gasteiger partial charge < -0.3 is 10.1 Å². The molecular formula is C22H28N2O2. The summed E-state index contributed by atoms with van der Waals surface area (Å²) in [7, 11) is 0. The van der Waals surface area contributed by atoms with Gasteiger partial charge >= 0.3 is 0 Å². The van der Waals surface area contributed by atoms with E-state index in [2.05, 4.69) is 34.5 Å². The monoisotopic (exact) mass is 352 g/mol. The van der Waals surface area contributed by atoms with E-state index in [9.17, 15) is 4.79 Å². The number of hydrogen-bond acceptors (Lipinski definition) is 3. The molecule has 0 bridgehead atoms. The number of carbonyl (C=O) groups excluding carboxylic acids is 1.